The van der Waals surface area contributed by atoms with Crippen LogP contribution in [0, 0.1) is 25.6 Å². The number of carbonyl (C=O) groups is 3. The molecule has 0 atom stereocenters. The molecule has 274 valence electrons. The summed E-state index contributed by atoms with van der Waals surface area (Å²) in [6, 6.07) is 8.21. The van der Waals surface area contributed by atoms with Gasteiger partial charge < -0.3 is 15.0 Å². The molecule has 0 saturated heterocycles. The molecule has 1 aromatic carbocycles. The van der Waals surface area contributed by atoms with Crippen molar-refractivity contribution in [2.45, 2.75) is 66.7 Å². The van der Waals surface area contributed by atoms with Crippen molar-refractivity contribution in [2.75, 3.05) is 17.2 Å². The zero-order valence-corrected chi connectivity index (χ0v) is 29.8. The highest BCUT2D eigenvalue weighted by atomic mass is 19.1. The lowest BCUT2D eigenvalue weighted by molar-refractivity contribution is 0.0991. The number of imidazole rings is 2. The first kappa shape index (κ1) is 35.0. The maximum Gasteiger partial charge on any atom is 0.276 e. The van der Waals surface area contributed by atoms with E-state index in [4.69, 9.17) is 10.5 Å². The highest BCUT2D eigenvalue weighted by Crippen LogP contribution is 2.36. The minimum Gasteiger partial charge on any atom is -0.491 e. The Morgan fingerprint density at radius 1 is 0.925 bits per heavy atom. The smallest absolute Gasteiger partial charge is 0.276 e. The van der Waals surface area contributed by atoms with E-state index in [1.165, 1.54) is 6.07 Å². The number of aromatic nitrogens is 9. The van der Waals surface area contributed by atoms with Crippen LogP contribution in [0.4, 0.5) is 16.3 Å². The number of primary amides is 1. The van der Waals surface area contributed by atoms with E-state index in [2.05, 4.69) is 35.8 Å². The second kappa shape index (κ2) is 14.3. The van der Waals surface area contributed by atoms with Crippen molar-refractivity contribution >= 4 is 51.8 Å². The number of carbonyl (C=O) groups excluding carboxylic acids is 3. The first-order valence-electron chi connectivity index (χ1n) is 17.4. The quantitative estimate of drug-likeness (QED) is 0.135. The molecule has 53 heavy (non-hydrogen) atoms. The largest absolute Gasteiger partial charge is 0.491 e. The number of allylic oxidation sites excluding steroid dienone is 2. The molecule has 7 rings (SSSR count). The van der Waals surface area contributed by atoms with Crippen LogP contribution in [0.3, 0.4) is 0 Å². The summed E-state index contributed by atoms with van der Waals surface area (Å²) in [6.45, 7) is 9.05. The highest BCUT2D eigenvalue weighted by Gasteiger charge is 2.28. The van der Waals surface area contributed by atoms with Gasteiger partial charge in [-0.3, -0.25) is 38.9 Å². The Morgan fingerprint density at radius 2 is 1.53 bits per heavy atom. The predicted octanol–water partition coefficient (Wildman–Crippen LogP) is 4.62. The minimum absolute atomic E-state index is 0.0264. The minimum atomic E-state index is -0.971. The van der Waals surface area contributed by atoms with Crippen LogP contribution in [0.5, 0.6) is 5.75 Å². The van der Waals surface area contributed by atoms with Crippen LogP contribution in [0.1, 0.15) is 69.4 Å². The van der Waals surface area contributed by atoms with Crippen LogP contribution in [-0.4, -0.2) is 68.0 Å². The van der Waals surface area contributed by atoms with E-state index in [1.807, 2.05) is 26.8 Å². The molecule has 0 aliphatic heterocycles. The van der Waals surface area contributed by atoms with E-state index in [1.54, 1.807) is 62.0 Å². The van der Waals surface area contributed by atoms with Crippen molar-refractivity contribution in [3.8, 4) is 5.75 Å². The predicted molar refractivity (Wildman–Crippen MR) is 194 cm³/mol. The van der Waals surface area contributed by atoms with Crippen molar-refractivity contribution in [3.05, 3.63) is 82.8 Å². The Morgan fingerprint density at radius 3 is 2.11 bits per heavy atom. The zero-order chi connectivity index (χ0) is 37.4. The van der Waals surface area contributed by atoms with Crippen LogP contribution in [0.25, 0.3) is 22.2 Å². The van der Waals surface area contributed by atoms with E-state index in [0.29, 0.717) is 53.9 Å². The standard InChI is InChI=1S/C36H39FN12O4/c1-5-48-25(16-20(3)44-48)33(51)42-35-40-24-10-9-13-39-32(24)47(35)15-8-7-14-46-30-27(53-19-22-11-12-22)18-23(31(38)50)28(37)29(30)41-36(46)43-34(52)26-17-21(4)45-49(26)6-2/h7-10,13,16-18,22H,5-6,11-12,14-15,19H2,1-4H3,(H2,38,50)(H,40,42,51)(H,41,43,52)/b8-7+. The van der Waals surface area contributed by atoms with Gasteiger partial charge in [0.05, 0.1) is 23.6 Å². The van der Waals surface area contributed by atoms with Crippen LogP contribution in [0.2, 0.25) is 0 Å². The van der Waals surface area contributed by atoms with Crippen molar-refractivity contribution in [3.63, 3.8) is 0 Å². The van der Waals surface area contributed by atoms with E-state index < -0.39 is 17.6 Å². The molecule has 1 fully saturated rings. The zero-order valence-electron chi connectivity index (χ0n) is 29.8. The molecule has 1 aliphatic carbocycles. The summed E-state index contributed by atoms with van der Waals surface area (Å²) in [4.78, 5) is 52.8. The van der Waals surface area contributed by atoms with Gasteiger partial charge in [0.1, 0.15) is 33.7 Å². The lowest BCUT2D eigenvalue weighted by atomic mass is 10.1. The summed E-state index contributed by atoms with van der Waals surface area (Å²) >= 11 is 0. The van der Waals surface area contributed by atoms with Gasteiger partial charge >= 0.3 is 0 Å². The first-order valence-corrected chi connectivity index (χ1v) is 17.4. The lowest BCUT2D eigenvalue weighted by Crippen LogP contribution is -2.20. The Labute approximate surface area is 302 Å². The number of pyridine rings is 1. The third-order valence-corrected chi connectivity index (χ3v) is 8.92. The van der Waals surface area contributed by atoms with Gasteiger partial charge in [0.25, 0.3) is 17.7 Å². The van der Waals surface area contributed by atoms with Gasteiger partial charge in [0.15, 0.2) is 11.5 Å². The van der Waals surface area contributed by atoms with E-state index in [0.717, 1.165) is 18.5 Å². The molecule has 5 heterocycles. The number of hydrogen-bond donors (Lipinski definition) is 3. The van der Waals surface area contributed by atoms with Crippen LogP contribution >= 0.6 is 0 Å². The van der Waals surface area contributed by atoms with E-state index in [9.17, 15) is 14.4 Å². The number of aryl methyl sites for hydroxylation is 4. The molecule has 1 aliphatic rings. The van der Waals surface area contributed by atoms with Gasteiger partial charge in [-0.1, -0.05) is 12.2 Å². The summed E-state index contributed by atoms with van der Waals surface area (Å²) in [7, 11) is 0. The topological polar surface area (TPSA) is 195 Å². The van der Waals surface area contributed by atoms with Crippen molar-refractivity contribution in [1.82, 2.24) is 43.6 Å². The van der Waals surface area contributed by atoms with Crippen molar-refractivity contribution in [1.29, 1.82) is 0 Å². The number of ether oxygens (including phenoxy) is 1. The number of halogens is 1. The van der Waals surface area contributed by atoms with Gasteiger partial charge in [0, 0.05) is 32.4 Å². The molecule has 17 heteroatoms. The molecule has 4 N–H and O–H groups in total. The molecular formula is C36H39FN12O4. The second-order valence-corrected chi connectivity index (χ2v) is 12.8. The molecule has 6 aromatic rings. The van der Waals surface area contributed by atoms with Crippen LogP contribution in [-0.2, 0) is 26.2 Å². The summed E-state index contributed by atoms with van der Waals surface area (Å²) < 4.78 is 28.6. The van der Waals surface area contributed by atoms with Crippen LogP contribution in [0.15, 0.2) is 48.7 Å². The number of amides is 3. The van der Waals surface area contributed by atoms with E-state index >= 15 is 4.39 Å². The number of anilines is 2. The average Bonchev–Trinajstić information content (AvgIpc) is 3.42. The van der Waals surface area contributed by atoms with Crippen molar-refractivity contribution < 1.29 is 23.5 Å². The normalized spacial score (nSPS) is 13.0. The van der Waals surface area contributed by atoms with Gasteiger partial charge in [0.2, 0.25) is 11.9 Å². The molecule has 0 unspecified atom stereocenters. The van der Waals surface area contributed by atoms with Gasteiger partial charge in [-0.2, -0.15) is 10.2 Å². The first-order chi connectivity index (χ1) is 25.6. The molecule has 16 nitrogen and oxygen atoms in total. The molecular weight excluding hydrogens is 683 g/mol. The number of fused-ring (bicyclic) bond motifs is 2. The lowest BCUT2D eigenvalue weighted by Gasteiger charge is -2.13. The SMILES string of the molecule is CCn1nc(C)cc1C(=O)Nc1nc2cccnc2n1C/C=C/Cn1c(NC(=O)c2cc(C)nn2CC)nc2c(F)c(C(N)=O)cc(OCC3CC3)c21. The number of rotatable bonds is 14. The number of benzene rings is 1. The molecule has 0 spiro atoms. The van der Waals surface area contributed by atoms with Gasteiger partial charge in [-0.25, -0.2) is 19.3 Å². The third-order valence-electron chi connectivity index (χ3n) is 8.92. The molecule has 0 radical (unpaired) electrons. The Kier molecular flexibility index (Phi) is 9.47. The highest BCUT2D eigenvalue weighted by molar-refractivity contribution is 6.05. The van der Waals surface area contributed by atoms with E-state index in [-0.39, 0.29) is 53.2 Å². The van der Waals surface area contributed by atoms with Crippen LogP contribution < -0.4 is 21.1 Å². The fraction of sp³-hybridized carbons (Fsp3) is 0.333. The summed E-state index contributed by atoms with van der Waals surface area (Å²) in [5, 5.41) is 14.5. The molecule has 3 amide bonds. The molecule has 5 aromatic heterocycles. The Bertz CT molecular complexity index is 2420. The van der Waals surface area contributed by atoms with Gasteiger partial charge in [-0.05, 0) is 76.8 Å². The number of nitrogens with zero attached hydrogens (tertiary/aromatic N) is 9. The maximum atomic E-state index is 15.9. The fourth-order valence-corrected chi connectivity index (χ4v) is 6.16. The maximum absolute atomic E-state index is 15.9. The monoisotopic (exact) mass is 722 g/mol. The molecule has 0 bridgehead atoms. The average molecular weight is 723 g/mol. The van der Waals surface area contributed by atoms with Crippen molar-refractivity contribution in [2.24, 2.45) is 11.7 Å². The number of hydrogen-bond acceptors (Lipinski definition) is 9. The molecule has 1 saturated carbocycles. The second-order valence-electron chi connectivity index (χ2n) is 12.8. The Hall–Kier alpha value is -6.39. The summed E-state index contributed by atoms with van der Waals surface area (Å²) in [6.07, 6.45) is 7.28. The Balaban J connectivity index is 1.24. The third kappa shape index (κ3) is 6.96. The fourth-order valence-electron chi connectivity index (χ4n) is 6.16. The summed E-state index contributed by atoms with van der Waals surface area (Å²) in [5.41, 5.74) is 8.47. The number of nitrogens with one attached hydrogen (secondary N) is 2. The summed E-state index contributed by atoms with van der Waals surface area (Å²) in [5.74, 6) is -1.88. The van der Waals surface area contributed by atoms with Gasteiger partial charge in [-0.15, -0.1) is 0 Å². The number of nitrogens with two attached hydrogens (primary N) is 1.